The van der Waals surface area contributed by atoms with Gasteiger partial charge in [0, 0.05) is 57.0 Å². The van der Waals surface area contributed by atoms with Crippen molar-refractivity contribution in [2.75, 3.05) is 39.0 Å². The predicted octanol–water partition coefficient (Wildman–Crippen LogP) is 4.77. The number of nitrogens with zero attached hydrogens (tertiary/aromatic N) is 3. The van der Waals surface area contributed by atoms with Crippen molar-refractivity contribution in [3.05, 3.63) is 71.6 Å². The van der Waals surface area contributed by atoms with Crippen molar-refractivity contribution in [1.29, 1.82) is 0 Å². The largest absolute Gasteiger partial charge is 0.369 e. The highest BCUT2D eigenvalue weighted by atomic mass is 16.5. The number of rotatable bonds is 9. The first-order valence-electron chi connectivity index (χ1n) is 13.2. The molecule has 8 heteroatoms. The molecule has 0 radical (unpaired) electrons. The van der Waals surface area contributed by atoms with Crippen LogP contribution in [0, 0.1) is 0 Å². The third kappa shape index (κ3) is 7.08. The molecule has 38 heavy (non-hydrogen) atoms. The molecule has 0 bridgehead atoms. The molecule has 4 rings (SSSR count). The molecule has 0 saturated carbocycles. The number of ether oxygens (including phenoxy) is 1. The zero-order chi connectivity index (χ0) is 27.3. The Morgan fingerprint density at radius 1 is 1.05 bits per heavy atom. The summed E-state index contributed by atoms with van der Waals surface area (Å²) < 4.78 is 6.39. The molecule has 1 saturated heterocycles. The van der Waals surface area contributed by atoms with E-state index < -0.39 is 0 Å². The van der Waals surface area contributed by atoms with Crippen molar-refractivity contribution in [3.8, 4) is 0 Å². The molecule has 3 N–H and O–H groups in total. The number of pyridine rings is 1. The van der Waals surface area contributed by atoms with Gasteiger partial charge in [0.1, 0.15) is 5.82 Å². The number of carbonyl (C=O) groups excluding carboxylic acids is 1. The van der Waals surface area contributed by atoms with E-state index in [0.717, 1.165) is 53.8 Å². The van der Waals surface area contributed by atoms with E-state index >= 15 is 0 Å². The molecular weight excluding hydrogens is 476 g/mol. The van der Waals surface area contributed by atoms with Crippen LogP contribution in [0.2, 0.25) is 0 Å². The molecule has 202 valence electrons. The van der Waals surface area contributed by atoms with Gasteiger partial charge >= 0.3 is 0 Å². The van der Waals surface area contributed by atoms with Crippen molar-refractivity contribution in [3.63, 3.8) is 0 Å². The topological polar surface area (TPSA) is 95.2 Å². The van der Waals surface area contributed by atoms with Gasteiger partial charge < -0.3 is 20.3 Å². The fourth-order valence-electron chi connectivity index (χ4n) is 5.18. The first-order valence-corrected chi connectivity index (χ1v) is 13.2. The molecule has 3 heterocycles. The van der Waals surface area contributed by atoms with Crippen LogP contribution in [0.3, 0.4) is 0 Å². The van der Waals surface area contributed by atoms with Crippen LogP contribution in [-0.4, -0.2) is 70.9 Å². The maximum absolute atomic E-state index is 11.6. The van der Waals surface area contributed by atoms with Crippen LogP contribution in [0.4, 0.5) is 5.82 Å². The highest BCUT2D eigenvalue weighted by Gasteiger charge is 2.37. The number of anilines is 1. The van der Waals surface area contributed by atoms with E-state index in [1.54, 1.807) is 25.1 Å². The Morgan fingerprint density at radius 2 is 1.79 bits per heavy atom. The lowest BCUT2D eigenvalue weighted by Crippen LogP contribution is -2.42. The summed E-state index contributed by atoms with van der Waals surface area (Å²) in [5.41, 5.74) is 5.37. The highest BCUT2D eigenvalue weighted by molar-refractivity contribution is 5.89. The van der Waals surface area contributed by atoms with Gasteiger partial charge in [-0.3, -0.25) is 9.89 Å². The van der Waals surface area contributed by atoms with Gasteiger partial charge in [-0.1, -0.05) is 17.7 Å². The second-order valence-corrected chi connectivity index (χ2v) is 11.3. The van der Waals surface area contributed by atoms with Crippen molar-refractivity contribution in [2.45, 2.75) is 51.7 Å². The Bertz CT molecular complexity index is 1300. The monoisotopic (exact) mass is 516 g/mol. The molecule has 2 aromatic heterocycles. The third-order valence-electron chi connectivity index (χ3n) is 6.54. The maximum Gasteiger partial charge on any atom is 0.245 e. The van der Waals surface area contributed by atoms with Crippen LogP contribution in [-0.2, 0) is 9.53 Å². The zero-order valence-electron chi connectivity index (χ0n) is 23.4. The van der Waals surface area contributed by atoms with Crippen molar-refractivity contribution < 1.29 is 9.53 Å². The summed E-state index contributed by atoms with van der Waals surface area (Å²) in [4.78, 5) is 17.9. The minimum Gasteiger partial charge on any atom is -0.369 e. The minimum atomic E-state index is -0.251. The molecule has 0 aliphatic carbocycles. The first kappa shape index (κ1) is 27.5. The zero-order valence-corrected chi connectivity index (χ0v) is 23.4. The molecular formula is C30H40N6O2. The molecule has 1 fully saturated rings. The predicted molar refractivity (Wildman–Crippen MR) is 154 cm³/mol. The number of amides is 1. The lowest BCUT2D eigenvalue weighted by atomic mass is 9.79. The van der Waals surface area contributed by atoms with Crippen LogP contribution in [0.5, 0.6) is 0 Å². The van der Waals surface area contributed by atoms with Gasteiger partial charge in [0.25, 0.3) is 0 Å². The van der Waals surface area contributed by atoms with E-state index in [4.69, 9.17) is 9.72 Å². The molecule has 0 unspecified atom stereocenters. The Hall–Kier alpha value is -3.49. The van der Waals surface area contributed by atoms with Gasteiger partial charge in [-0.15, -0.1) is 0 Å². The van der Waals surface area contributed by atoms with Crippen LogP contribution < -0.4 is 10.6 Å². The minimum absolute atomic E-state index is 0.0129. The quantitative estimate of drug-likeness (QED) is 0.280. The molecule has 8 nitrogen and oxygen atoms in total. The van der Waals surface area contributed by atoms with Crippen LogP contribution >= 0.6 is 0 Å². The summed E-state index contributed by atoms with van der Waals surface area (Å²) in [7, 11) is 3.48. The van der Waals surface area contributed by atoms with Gasteiger partial charge in [-0.05, 0) is 75.9 Å². The molecule has 1 aliphatic heterocycles. The maximum atomic E-state index is 11.6. The molecule has 1 aliphatic rings. The number of nitrogens with one attached hydrogen (secondary N) is 3. The lowest BCUT2D eigenvalue weighted by molar-refractivity contribution is -0.138. The number of hydrogen-bond acceptors (Lipinski definition) is 6. The lowest BCUT2D eigenvalue weighted by Gasteiger charge is -2.43. The second kappa shape index (κ2) is 11.5. The van der Waals surface area contributed by atoms with Gasteiger partial charge in [0.15, 0.2) is 0 Å². The Kier molecular flexibility index (Phi) is 8.33. The van der Waals surface area contributed by atoms with Crippen LogP contribution in [0.15, 0.2) is 60.5 Å². The number of aromatic amines is 1. The van der Waals surface area contributed by atoms with Crippen molar-refractivity contribution >= 4 is 28.2 Å². The van der Waals surface area contributed by atoms with Gasteiger partial charge in [0.2, 0.25) is 5.91 Å². The van der Waals surface area contributed by atoms with Gasteiger partial charge in [0.05, 0.1) is 22.9 Å². The number of H-pyrrole nitrogens is 1. The highest BCUT2D eigenvalue weighted by Crippen LogP contribution is 2.43. The van der Waals surface area contributed by atoms with E-state index in [2.05, 4.69) is 72.8 Å². The average molecular weight is 517 g/mol. The Labute approximate surface area is 225 Å². The normalized spacial score (nSPS) is 16.6. The van der Waals surface area contributed by atoms with E-state index in [1.165, 1.54) is 11.1 Å². The van der Waals surface area contributed by atoms with Gasteiger partial charge in [-0.2, -0.15) is 5.10 Å². The molecule has 0 spiro atoms. The van der Waals surface area contributed by atoms with E-state index in [9.17, 15) is 4.79 Å². The summed E-state index contributed by atoms with van der Waals surface area (Å²) in [6.07, 6.45) is 8.96. The summed E-state index contributed by atoms with van der Waals surface area (Å²) in [5.74, 6) is 0.817. The fraction of sp³-hybridized carbons (Fsp3) is 0.433. The SMILES string of the molecule is CN(C)C(=O)/C=C/CNCCNc1ccc(C(=C2CC(C)(C)OC(C)(C)C2)c2ccc3[nH]ncc3c2)cn1. The van der Waals surface area contributed by atoms with E-state index in [1.807, 2.05) is 24.5 Å². The number of carbonyl (C=O) groups is 1. The van der Waals surface area contributed by atoms with Crippen LogP contribution in [0.1, 0.15) is 51.7 Å². The Balaban J connectivity index is 1.50. The van der Waals surface area contributed by atoms with Crippen molar-refractivity contribution in [2.24, 2.45) is 0 Å². The summed E-state index contributed by atoms with van der Waals surface area (Å²) in [6, 6.07) is 10.6. The molecule has 3 aromatic rings. The standard InChI is InChI=1S/C30H40N6O2/c1-29(2)17-24(18-30(3,4)38-29)28(21-9-11-25-23(16-21)20-34-35-25)22-10-12-26(33-19-22)32-15-14-31-13-7-8-27(37)36(5)6/h7-12,16,19-20,31H,13-15,17-18H2,1-6H3,(H,32,33)(H,34,35)/b8-7+. The van der Waals surface area contributed by atoms with E-state index in [0.29, 0.717) is 6.54 Å². The molecule has 1 amide bonds. The van der Waals surface area contributed by atoms with E-state index in [-0.39, 0.29) is 17.1 Å². The van der Waals surface area contributed by atoms with Crippen LogP contribution in [0.25, 0.3) is 16.5 Å². The smallest absolute Gasteiger partial charge is 0.245 e. The third-order valence-corrected chi connectivity index (χ3v) is 6.54. The first-order chi connectivity index (χ1) is 18.0. The van der Waals surface area contributed by atoms with Gasteiger partial charge in [-0.25, -0.2) is 4.98 Å². The number of fused-ring (bicyclic) bond motifs is 1. The molecule has 0 atom stereocenters. The summed E-state index contributed by atoms with van der Waals surface area (Å²) in [6.45, 7) is 10.8. The number of likely N-dealkylation sites (N-methyl/N-ethyl adjacent to an activating group) is 1. The average Bonchev–Trinajstić information content (AvgIpc) is 3.30. The Morgan fingerprint density at radius 3 is 2.47 bits per heavy atom. The number of aromatic nitrogens is 3. The fourth-order valence-corrected chi connectivity index (χ4v) is 5.18. The summed E-state index contributed by atoms with van der Waals surface area (Å²) >= 11 is 0. The molecule has 1 aromatic carbocycles. The second-order valence-electron chi connectivity index (χ2n) is 11.3. The summed E-state index contributed by atoms with van der Waals surface area (Å²) in [5, 5.41) is 15.0. The number of benzene rings is 1. The van der Waals surface area contributed by atoms with Crippen molar-refractivity contribution in [1.82, 2.24) is 25.4 Å². The number of hydrogen-bond donors (Lipinski definition) is 3.